The lowest BCUT2D eigenvalue weighted by atomic mass is 10.1. The Kier molecular flexibility index (Phi) is 5.46. The first kappa shape index (κ1) is 16.1. The number of rotatable bonds is 7. The monoisotopic (exact) mass is 326 g/mol. The molecule has 2 aromatic rings. The van der Waals surface area contributed by atoms with E-state index in [2.05, 4.69) is 9.71 Å². The van der Waals surface area contributed by atoms with Crippen LogP contribution < -0.4 is 4.72 Å². The second-order valence-corrected chi connectivity index (χ2v) is 7.37. The van der Waals surface area contributed by atoms with Crippen LogP contribution in [0, 0.1) is 0 Å². The van der Waals surface area contributed by atoms with Crippen molar-refractivity contribution in [2.24, 2.45) is 0 Å². The average Bonchev–Trinajstić information content (AvgIpc) is 2.98. The van der Waals surface area contributed by atoms with Crippen LogP contribution in [-0.2, 0) is 22.4 Å². The highest BCUT2D eigenvalue weighted by Crippen LogP contribution is 2.20. The first-order valence-corrected chi connectivity index (χ1v) is 9.15. The van der Waals surface area contributed by atoms with E-state index in [0.717, 1.165) is 5.01 Å². The molecule has 0 radical (unpaired) electrons. The van der Waals surface area contributed by atoms with Gasteiger partial charge < -0.3 is 5.11 Å². The Balaban J connectivity index is 2.10. The molecule has 0 amide bonds. The molecule has 0 fully saturated rings. The van der Waals surface area contributed by atoms with E-state index in [1.807, 2.05) is 12.3 Å². The second-order valence-electron chi connectivity index (χ2n) is 4.69. The van der Waals surface area contributed by atoms with Crippen LogP contribution in [0.15, 0.2) is 35.8 Å². The van der Waals surface area contributed by atoms with E-state index in [9.17, 15) is 8.42 Å². The van der Waals surface area contributed by atoms with Crippen molar-refractivity contribution in [1.29, 1.82) is 0 Å². The predicted octanol–water partition coefficient (Wildman–Crippen LogP) is 2.21. The number of benzene rings is 1. The Morgan fingerprint density at radius 1 is 1.38 bits per heavy atom. The first-order chi connectivity index (χ1) is 10.0. The molecule has 0 saturated carbocycles. The van der Waals surface area contributed by atoms with Crippen LogP contribution >= 0.6 is 11.3 Å². The lowest BCUT2D eigenvalue weighted by molar-refractivity contribution is 0.282. The largest absolute Gasteiger partial charge is 0.392 e. The summed E-state index contributed by atoms with van der Waals surface area (Å²) in [6, 6.07) is 6.64. The zero-order valence-electron chi connectivity index (χ0n) is 11.7. The molecule has 1 atom stereocenters. The van der Waals surface area contributed by atoms with Gasteiger partial charge in [-0.2, -0.15) is 0 Å². The Labute approximate surface area is 128 Å². The standard InChI is InChI=1S/C14H18N2O3S2/c1-2-13(14-15-6-7-20-14)16-21(18,19)10-12-5-3-4-11(8-12)9-17/h3-8,13,16-17H,2,9-10H2,1H3. The van der Waals surface area contributed by atoms with Crippen LogP contribution in [0.3, 0.4) is 0 Å². The van der Waals surface area contributed by atoms with E-state index in [4.69, 9.17) is 5.11 Å². The molecule has 2 rings (SSSR count). The molecule has 1 heterocycles. The molecule has 114 valence electrons. The van der Waals surface area contributed by atoms with Crippen molar-refractivity contribution in [2.75, 3.05) is 0 Å². The minimum atomic E-state index is -3.46. The van der Waals surface area contributed by atoms with E-state index in [1.54, 1.807) is 30.5 Å². The Morgan fingerprint density at radius 2 is 2.14 bits per heavy atom. The first-order valence-electron chi connectivity index (χ1n) is 6.62. The van der Waals surface area contributed by atoms with Crippen LogP contribution in [-0.4, -0.2) is 18.5 Å². The number of aliphatic hydroxyl groups excluding tert-OH is 1. The molecule has 0 spiro atoms. The van der Waals surface area contributed by atoms with Gasteiger partial charge in [-0.25, -0.2) is 18.1 Å². The van der Waals surface area contributed by atoms with Crippen molar-refractivity contribution in [3.63, 3.8) is 0 Å². The maximum Gasteiger partial charge on any atom is 0.216 e. The van der Waals surface area contributed by atoms with E-state index in [0.29, 0.717) is 17.5 Å². The zero-order valence-corrected chi connectivity index (χ0v) is 13.3. The molecule has 21 heavy (non-hydrogen) atoms. The molecule has 0 saturated heterocycles. The van der Waals surface area contributed by atoms with E-state index >= 15 is 0 Å². The van der Waals surface area contributed by atoms with E-state index < -0.39 is 10.0 Å². The lowest BCUT2D eigenvalue weighted by Crippen LogP contribution is -2.29. The fraction of sp³-hybridized carbons (Fsp3) is 0.357. The van der Waals surface area contributed by atoms with Crippen molar-refractivity contribution in [2.45, 2.75) is 31.7 Å². The van der Waals surface area contributed by atoms with Gasteiger partial charge in [0.2, 0.25) is 10.0 Å². The summed E-state index contributed by atoms with van der Waals surface area (Å²) >= 11 is 1.44. The number of aliphatic hydroxyl groups is 1. The minimum Gasteiger partial charge on any atom is -0.392 e. The Morgan fingerprint density at radius 3 is 2.76 bits per heavy atom. The summed E-state index contributed by atoms with van der Waals surface area (Å²) in [5.74, 6) is -0.108. The maximum atomic E-state index is 12.3. The Bertz CT molecular complexity index is 669. The normalized spacial score (nSPS) is 13.2. The molecule has 0 bridgehead atoms. The number of hydrogen-bond acceptors (Lipinski definition) is 5. The lowest BCUT2D eigenvalue weighted by Gasteiger charge is -2.15. The summed E-state index contributed by atoms with van der Waals surface area (Å²) < 4.78 is 27.2. The van der Waals surface area contributed by atoms with Gasteiger partial charge >= 0.3 is 0 Å². The SMILES string of the molecule is CCC(NS(=O)(=O)Cc1cccc(CO)c1)c1nccs1. The average molecular weight is 326 g/mol. The van der Waals surface area contributed by atoms with Gasteiger partial charge in [0.25, 0.3) is 0 Å². The van der Waals surface area contributed by atoms with Gasteiger partial charge in [0.15, 0.2) is 0 Å². The maximum absolute atomic E-state index is 12.3. The molecular weight excluding hydrogens is 308 g/mol. The van der Waals surface area contributed by atoms with Crippen LogP contribution in [0.5, 0.6) is 0 Å². The van der Waals surface area contributed by atoms with Crippen LogP contribution in [0.25, 0.3) is 0 Å². The van der Waals surface area contributed by atoms with E-state index in [-0.39, 0.29) is 18.4 Å². The molecule has 1 unspecified atom stereocenters. The van der Waals surface area contributed by atoms with Crippen LogP contribution in [0.4, 0.5) is 0 Å². The number of aromatic nitrogens is 1. The third-order valence-corrected chi connectivity index (χ3v) is 5.26. The quantitative estimate of drug-likeness (QED) is 0.817. The minimum absolute atomic E-state index is 0.0992. The third-order valence-electron chi connectivity index (χ3n) is 3.01. The van der Waals surface area contributed by atoms with Gasteiger partial charge in [0.1, 0.15) is 5.01 Å². The third kappa shape index (κ3) is 4.60. The van der Waals surface area contributed by atoms with Gasteiger partial charge in [0.05, 0.1) is 18.4 Å². The molecular formula is C14H18N2O3S2. The number of nitrogens with zero attached hydrogens (tertiary/aromatic N) is 1. The number of thiazole rings is 1. The summed E-state index contributed by atoms with van der Waals surface area (Å²) in [5.41, 5.74) is 1.36. The van der Waals surface area contributed by atoms with Crippen molar-refractivity contribution in [3.05, 3.63) is 52.0 Å². The summed E-state index contributed by atoms with van der Waals surface area (Å²) in [6.45, 7) is 1.82. The van der Waals surface area contributed by atoms with Crippen molar-refractivity contribution < 1.29 is 13.5 Å². The highest BCUT2D eigenvalue weighted by atomic mass is 32.2. The smallest absolute Gasteiger partial charge is 0.216 e. The van der Waals surface area contributed by atoms with Crippen molar-refractivity contribution >= 4 is 21.4 Å². The van der Waals surface area contributed by atoms with Gasteiger partial charge in [-0.15, -0.1) is 11.3 Å². The van der Waals surface area contributed by atoms with E-state index in [1.165, 1.54) is 11.3 Å². The molecule has 1 aromatic heterocycles. The molecule has 2 N–H and O–H groups in total. The highest BCUT2D eigenvalue weighted by Gasteiger charge is 2.20. The van der Waals surface area contributed by atoms with Crippen molar-refractivity contribution in [3.8, 4) is 0 Å². The molecule has 0 aliphatic heterocycles. The predicted molar refractivity (Wildman–Crippen MR) is 83.3 cm³/mol. The molecule has 5 nitrogen and oxygen atoms in total. The summed E-state index contributed by atoms with van der Waals surface area (Å²) in [4.78, 5) is 4.16. The Hall–Kier alpha value is -1.28. The highest BCUT2D eigenvalue weighted by molar-refractivity contribution is 7.88. The number of hydrogen-bond donors (Lipinski definition) is 2. The summed E-state index contributed by atoms with van der Waals surface area (Å²) in [6.07, 6.45) is 2.31. The van der Waals surface area contributed by atoms with Gasteiger partial charge in [-0.1, -0.05) is 31.2 Å². The van der Waals surface area contributed by atoms with Gasteiger partial charge in [-0.3, -0.25) is 0 Å². The summed E-state index contributed by atoms with van der Waals surface area (Å²) in [7, 11) is -3.46. The van der Waals surface area contributed by atoms with Crippen LogP contribution in [0.2, 0.25) is 0 Å². The second kappa shape index (κ2) is 7.13. The van der Waals surface area contributed by atoms with Gasteiger partial charge in [0, 0.05) is 11.6 Å². The van der Waals surface area contributed by atoms with Crippen molar-refractivity contribution in [1.82, 2.24) is 9.71 Å². The molecule has 7 heteroatoms. The zero-order chi connectivity index (χ0) is 15.3. The molecule has 0 aliphatic carbocycles. The number of nitrogens with one attached hydrogen (secondary N) is 1. The summed E-state index contributed by atoms with van der Waals surface area (Å²) in [5, 5.41) is 11.7. The fourth-order valence-electron chi connectivity index (χ4n) is 2.01. The van der Waals surface area contributed by atoms with Crippen LogP contribution in [0.1, 0.15) is 35.5 Å². The van der Waals surface area contributed by atoms with Gasteiger partial charge in [-0.05, 0) is 17.5 Å². The number of sulfonamides is 1. The fourth-order valence-corrected chi connectivity index (χ4v) is 4.27. The molecule has 0 aliphatic rings. The molecule has 1 aromatic carbocycles. The topological polar surface area (TPSA) is 79.3 Å².